The lowest BCUT2D eigenvalue weighted by atomic mass is 10.2. The van der Waals surface area contributed by atoms with Crippen molar-refractivity contribution < 1.29 is 31.9 Å². The summed E-state index contributed by atoms with van der Waals surface area (Å²) in [6.45, 7) is 1.33. The van der Waals surface area contributed by atoms with Gasteiger partial charge >= 0.3 is 5.97 Å². The minimum Gasteiger partial charge on any atom is -0.497 e. The molecule has 1 aliphatic rings. The summed E-state index contributed by atoms with van der Waals surface area (Å²) in [7, 11) is -1.77. The van der Waals surface area contributed by atoms with Gasteiger partial charge in [-0.05, 0) is 25.5 Å². The molecule has 0 bridgehead atoms. The smallest absolute Gasteiger partial charge is 0.341 e. The van der Waals surface area contributed by atoms with Crippen molar-refractivity contribution in [1.29, 1.82) is 0 Å². The van der Waals surface area contributed by atoms with Crippen LogP contribution in [0.2, 0.25) is 0 Å². The highest BCUT2D eigenvalue weighted by atomic mass is 32.2. The van der Waals surface area contributed by atoms with Crippen LogP contribution in [0.5, 0.6) is 5.75 Å². The predicted molar refractivity (Wildman–Crippen MR) is 83.0 cm³/mol. The highest BCUT2D eigenvalue weighted by molar-refractivity contribution is 7.91. The monoisotopic (exact) mass is 359 g/mol. The van der Waals surface area contributed by atoms with Gasteiger partial charge in [-0.1, -0.05) is 0 Å². The van der Waals surface area contributed by atoms with Crippen molar-refractivity contribution in [1.82, 2.24) is 5.32 Å². The van der Waals surface area contributed by atoms with Crippen LogP contribution in [0.25, 0.3) is 0 Å². The Bertz CT molecular complexity index is 748. The van der Waals surface area contributed by atoms with E-state index in [-0.39, 0.29) is 22.8 Å². The number of esters is 1. The van der Waals surface area contributed by atoms with Gasteiger partial charge in [0, 0.05) is 12.1 Å². The molecule has 24 heavy (non-hydrogen) atoms. The molecule has 0 spiro atoms. The molecule has 0 aliphatic carbocycles. The lowest BCUT2D eigenvalue weighted by Crippen LogP contribution is -2.42. The zero-order valence-electron chi connectivity index (χ0n) is 13.2. The van der Waals surface area contributed by atoms with Crippen LogP contribution in [-0.2, 0) is 19.4 Å². The largest absolute Gasteiger partial charge is 0.497 e. The minimum atomic E-state index is -3.13. The maximum Gasteiger partial charge on any atom is 0.341 e. The molecular weight excluding hydrogens is 341 g/mol. The number of benzene rings is 1. The number of hydrogen-bond acceptors (Lipinski definition) is 6. The number of ether oxygens (including phenoxy) is 2. The molecule has 1 amide bonds. The zero-order valence-corrected chi connectivity index (χ0v) is 14.1. The fourth-order valence-corrected chi connectivity index (χ4v) is 3.97. The number of rotatable bonds is 5. The molecule has 1 N–H and O–H groups in total. The van der Waals surface area contributed by atoms with Gasteiger partial charge in [0.25, 0.3) is 5.91 Å². The first-order valence-corrected chi connectivity index (χ1v) is 9.09. The van der Waals surface area contributed by atoms with Crippen LogP contribution >= 0.6 is 0 Å². The molecule has 1 heterocycles. The number of carbonyl (C=O) groups is 2. The van der Waals surface area contributed by atoms with Crippen molar-refractivity contribution in [2.75, 3.05) is 18.6 Å². The average Bonchev–Trinajstić information content (AvgIpc) is 2.85. The third-order valence-corrected chi connectivity index (χ3v) is 5.40. The number of amides is 1. The molecule has 132 valence electrons. The van der Waals surface area contributed by atoms with Crippen molar-refractivity contribution in [2.24, 2.45) is 0 Å². The van der Waals surface area contributed by atoms with E-state index in [1.807, 2.05) is 0 Å². The van der Waals surface area contributed by atoms with Gasteiger partial charge in [0.1, 0.15) is 11.6 Å². The van der Waals surface area contributed by atoms with Crippen molar-refractivity contribution in [2.45, 2.75) is 25.5 Å². The summed E-state index contributed by atoms with van der Waals surface area (Å²) in [5.41, 5.74) is -0.320. The highest BCUT2D eigenvalue weighted by Crippen LogP contribution is 2.18. The number of nitrogens with one attached hydrogen (secondary N) is 1. The topological polar surface area (TPSA) is 98.8 Å². The van der Waals surface area contributed by atoms with Gasteiger partial charge in [-0.3, -0.25) is 4.79 Å². The third-order valence-electron chi connectivity index (χ3n) is 3.63. The quantitative estimate of drug-likeness (QED) is 0.777. The molecule has 9 heteroatoms. The maximum atomic E-state index is 13.8. The summed E-state index contributed by atoms with van der Waals surface area (Å²) in [4.78, 5) is 23.9. The van der Waals surface area contributed by atoms with Crippen molar-refractivity contribution in [3.63, 3.8) is 0 Å². The Kier molecular flexibility index (Phi) is 5.43. The molecule has 0 radical (unpaired) electrons. The van der Waals surface area contributed by atoms with Crippen LogP contribution in [0.1, 0.15) is 23.7 Å². The van der Waals surface area contributed by atoms with Crippen LogP contribution in [0.15, 0.2) is 18.2 Å². The maximum absolute atomic E-state index is 13.8. The summed E-state index contributed by atoms with van der Waals surface area (Å²) in [6.07, 6.45) is -0.857. The number of halogens is 1. The van der Waals surface area contributed by atoms with E-state index in [4.69, 9.17) is 9.47 Å². The van der Waals surface area contributed by atoms with Gasteiger partial charge in [-0.25, -0.2) is 17.6 Å². The Balaban J connectivity index is 1.95. The van der Waals surface area contributed by atoms with E-state index in [1.54, 1.807) is 0 Å². The van der Waals surface area contributed by atoms with Crippen LogP contribution in [0.4, 0.5) is 4.39 Å². The Hall–Kier alpha value is -2.16. The third kappa shape index (κ3) is 4.44. The first-order chi connectivity index (χ1) is 11.2. The van der Waals surface area contributed by atoms with Gasteiger partial charge in [0.2, 0.25) is 0 Å². The second-order valence-electron chi connectivity index (χ2n) is 5.50. The first kappa shape index (κ1) is 18.2. The SMILES string of the molecule is COc1ccc(C(=O)O[C@H](C)C(=O)N[C@H]2CCS(=O)(=O)C2)c(F)c1. The van der Waals surface area contributed by atoms with Crippen LogP contribution in [-0.4, -0.2) is 51.1 Å². The van der Waals surface area contributed by atoms with Gasteiger partial charge < -0.3 is 14.8 Å². The fraction of sp³-hybridized carbons (Fsp3) is 0.467. The molecule has 0 aromatic heterocycles. The Morgan fingerprint density at radius 2 is 2.08 bits per heavy atom. The predicted octanol–water partition coefficient (Wildman–Crippen LogP) is 0.683. The number of sulfone groups is 1. The van der Waals surface area contributed by atoms with E-state index in [1.165, 1.54) is 26.2 Å². The summed E-state index contributed by atoms with van der Waals surface area (Å²) in [5, 5.41) is 2.51. The van der Waals surface area contributed by atoms with Crippen molar-refractivity contribution in [3.05, 3.63) is 29.6 Å². The summed E-state index contributed by atoms with van der Waals surface area (Å²) >= 11 is 0. The minimum absolute atomic E-state index is 0.0170. The summed E-state index contributed by atoms with van der Waals surface area (Å²) < 4.78 is 46.3. The Morgan fingerprint density at radius 1 is 1.38 bits per heavy atom. The van der Waals surface area contributed by atoms with Gasteiger partial charge in [0.05, 0.1) is 24.2 Å². The number of methoxy groups -OCH3 is 1. The van der Waals surface area contributed by atoms with Gasteiger partial charge in [-0.15, -0.1) is 0 Å². The first-order valence-electron chi connectivity index (χ1n) is 7.27. The van der Waals surface area contributed by atoms with Crippen LogP contribution < -0.4 is 10.1 Å². The van der Waals surface area contributed by atoms with Crippen LogP contribution in [0, 0.1) is 5.82 Å². The zero-order chi connectivity index (χ0) is 17.9. The molecule has 1 aliphatic heterocycles. The lowest BCUT2D eigenvalue weighted by Gasteiger charge is -2.16. The second-order valence-corrected chi connectivity index (χ2v) is 7.73. The second kappa shape index (κ2) is 7.16. The van der Waals surface area contributed by atoms with E-state index in [0.29, 0.717) is 6.42 Å². The fourth-order valence-electron chi connectivity index (χ4n) is 2.29. The Labute approximate surface area is 139 Å². The van der Waals surface area contributed by atoms with Gasteiger partial charge in [0.15, 0.2) is 15.9 Å². The molecule has 7 nitrogen and oxygen atoms in total. The van der Waals surface area contributed by atoms with E-state index in [2.05, 4.69) is 5.32 Å². The summed E-state index contributed by atoms with van der Waals surface area (Å²) in [5.74, 6) is -2.31. The number of carbonyl (C=O) groups excluding carboxylic acids is 2. The van der Waals surface area contributed by atoms with Gasteiger partial charge in [-0.2, -0.15) is 0 Å². The molecule has 1 aromatic rings. The molecule has 2 atom stereocenters. The normalized spacial score (nSPS) is 20.2. The molecule has 1 saturated heterocycles. The lowest BCUT2D eigenvalue weighted by molar-refractivity contribution is -0.129. The Morgan fingerprint density at radius 3 is 2.62 bits per heavy atom. The average molecular weight is 359 g/mol. The molecular formula is C15H18FNO6S. The molecule has 1 fully saturated rings. The standard InChI is InChI=1S/C15H18FNO6S/c1-9(14(18)17-10-5-6-24(20,21)8-10)23-15(19)12-4-3-11(22-2)7-13(12)16/h3-4,7,9-10H,5-6,8H2,1-2H3,(H,17,18)/t9-,10+/m1/s1. The molecule has 0 unspecified atom stereocenters. The number of hydrogen-bond donors (Lipinski definition) is 1. The van der Waals surface area contributed by atoms with E-state index in [0.717, 1.165) is 6.07 Å². The summed E-state index contributed by atoms with van der Waals surface area (Å²) in [6, 6.07) is 3.13. The van der Waals surface area contributed by atoms with E-state index < -0.39 is 39.7 Å². The van der Waals surface area contributed by atoms with Crippen molar-refractivity contribution >= 4 is 21.7 Å². The van der Waals surface area contributed by atoms with Crippen molar-refractivity contribution in [3.8, 4) is 5.75 Å². The highest BCUT2D eigenvalue weighted by Gasteiger charge is 2.31. The molecule has 2 rings (SSSR count). The van der Waals surface area contributed by atoms with E-state index in [9.17, 15) is 22.4 Å². The van der Waals surface area contributed by atoms with Crippen LogP contribution in [0.3, 0.4) is 0 Å². The van der Waals surface area contributed by atoms with E-state index >= 15 is 0 Å². The molecule has 1 aromatic carbocycles. The molecule has 0 saturated carbocycles.